The minimum absolute atomic E-state index is 0.0741. The third kappa shape index (κ3) is 4.42. The fourth-order valence-corrected chi connectivity index (χ4v) is 1.37. The first-order chi connectivity index (χ1) is 8.50. The van der Waals surface area contributed by atoms with Gasteiger partial charge in [-0.1, -0.05) is 17.7 Å². The number of anilines is 1. The first kappa shape index (κ1) is 14.0. The molecule has 0 saturated carbocycles. The quantitative estimate of drug-likeness (QED) is 0.423. The normalized spacial score (nSPS) is 9.89. The van der Waals surface area contributed by atoms with Crippen molar-refractivity contribution in [1.82, 2.24) is 5.32 Å². The van der Waals surface area contributed by atoms with Gasteiger partial charge >= 0.3 is 6.09 Å². The van der Waals surface area contributed by atoms with Gasteiger partial charge in [0.25, 0.3) is 5.91 Å². The fraction of sp³-hybridized carbons (Fsp3) is 0.333. The van der Waals surface area contributed by atoms with E-state index in [-0.39, 0.29) is 13.0 Å². The number of aryl methyl sites for hydroxylation is 1. The van der Waals surface area contributed by atoms with Crippen LogP contribution in [0.2, 0.25) is 0 Å². The Morgan fingerprint density at radius 2 is 1.89 bits per heavy atom. The molecule has 1 aromatic carbocycles. The van der Waals surface area contributed by atoms with E-state index in [9.17, 15) is 14.8 Å². The molecule has 2 amide bonds. The Kier molecular flexibility index (Phi) is 5.13. The summed E-state index contributed by atoms with van der Waals surface area (Å²) in [6.07, 6.45) is -0.708. The molecule has 0 saturated heterocycles. The van der Waals surface area contributed by atoms with Crippen LogP contribution in [0.25, 0.3) is 0 Å². The predicted octanol–water partition coefficient (Wildman–Crippen LogP) is 1.77. The Labute approximate surface area is 105 Å². The number of carbonyl (C=O) groups is 2. The van der Waals surface area contributed by atoms with Gasteiger partial charge in [0.2, 0.25) is 0 Å². The summed E-state index contributed by atoms with van der Waals surface area (Å²) >= 11 is 0. The highest BCUT2D eigenvalue weighted by atomic mass is 16.5. The van der Waals surface area contributed by atoms with Crippen molar-refractivity contribution in [3.8, 4) is 0 Å². The third-order valence-corrected chi connectivity index (χ3v) is 2.36. The summed E-state index contributed by atoms with van der Waals surface area (Å²) in [7, 11) is 0. The van der Waals surface area contributed by atoms with Gasteiger partial charge in [-0.3, -0.25) is 10.0 Å². The van der Waals surface area contributed by atoms with Crippen LogP contribution in [0.5, 0.6) is 0 Å². The Morgan fingerprint density at radius 3 is 2.44 bits per heavy atom. The van der Waals surface area contributed by atoms with E-state index in [2.05, 4.69) is 5.32 Å². The molecule has 0 radical (unpaired) electrons. The number of hydroxylamine groups is 1. The number of rotatable bonds is 5. The number of hydrogen-bond donors (Lipinski definition) is 3. The van der Waals surface area contributed by atoms with Crippen LogP contribution in [0.4, 0.5) is 10.5 Å². The van der Waals surface area contributed by atoms with Gasteiger partial charge in [-0.2, -0.15) is 5.06 Å². The van der Waals surface area contributed by atoms with Crippen molar-refractivity contribution < 1.29 is 19.9 Å². The van der Waals surface area contributed by atoms with E-state index >= 15 is 0 Å². The smallest absolute Gasteiger partial charge is 0.404 e. The van der Waals surface area contributed by atoms with E-state index < -0.39 is 12.0 Å². The first-order valence-corrected chi connectivity index (χ1v) is 5.56. The van der Waals surface area contributed by atoms with Crippen LogP contribution in [0.1, 0.15) is 18.4 Å². The second-order valence-electron chi connectivity index (χ2n) is 3.88. The molecule has 1 aromatic rings. The molecule has 0 aromatic heterocycles. The molecule has 0 spiro atoms. The molecular formula is C12H16N2O4. The van der Waals surface area contributed by atoms with Gasteiger partial charge in [0, 0.05) is 13.0 Å². The minimum Gasteiger partial charge on any atom is -0.465 e. The zero-order valence-electron chi connectivity index (χ0n) is 10.1. The van der Waals surface area contributed by atoms with Crippen molar-refractivity contribution in [2.75, 3.05) is 11.6 Å². The maximum absolute atomic E-state index is 11.6. The SMILES string of the molecule is Cc1ccc(N(O)C(=O)CCCNC(=O)O)cc1. The molecule has 0 atom stereocenters. The molecule has 3 N–H and O–H groups in total. The summed E-state index contributed by atoms with van der Waals surface area (Å²) in [6.45, 7) is 2.09. The Hall–Kier alpha value is -2.08. The van der Waals surface area contributed by atoms with Crippen LogP contribution >= 0.6 is 0 Å². The van der Waals surface area contributed by atoms with E-state index in [4.69, 9.17) is 5.11 Å². The Bertz CT molecular complexity index is 417. The van der Waals surface area contributed by atoms with Crippen molar-refractivity contribution in [3.63, 3.8) is 0 Å². The van der Waals surface area contributed by atoms with Crippen LogP contribution in [-0.4, -0.2) is 28.9 Å². The van der Waals surface area contributed by atoms with Crippen LogP contribution in [0, 0.1) is 6.92 Å². The summed E-state index contributed by atoms with van der Waals surface area (Å²) in [5, 5.41) is 20.7. The van der Waals surface area contributed by atoms with Crippen LogP contribution < -0.4 is 10.4 Å². The zero-order valence-corrected chi connectivity index (χ0v) is 10.1. The molecule has 6 heteroatoms. The van der Waals surface area contributed by atoms with Crippen molar-refractivity contribution in [1.29, 1.82) is 0 Å². The largest absolute Gasteiger partial charge is 0.465 e. The van der Waals surface area contributed by atoms with E-state index in [1.807, 2.05) is 6.92 Å². The van der Waals surface area contributed by atoms with E-state index in [0.717, 1.165) is 5.56 Å². The third-order valence-electron chi connectivity index (χ3n) is 2.36. The molecule has 18 heavy (non-hydrogen) atoms. The highest BCUT2D eigenvalue weighted by Gasteiger charge is 2.12. The lowest BCUT2D eigenvalue weighted by atomic mass is 10.2. The van der Waals surface area contributed by atoms with Crippen LogP contribution in [0.3, 0.4) is 0 Å². The molecule has 6 nitrogen and oxygen atoms in total. The van der Waals surface area contributed by atoms with Crippen molar-refractivity contribution in [3.05, 3.63) is 29.8 Å². The minimum atomic E-state index is -1.12. The van der Waals surface area contributed by atoms with E-state index in [1.54, 1.807) is 24.3 Å². The summed E-state index contributed by atoms with van der Waals surface area (Å²) in [4.78, 5) is 21.7. The fourth-order valence-electron chi connectivity index (χ4n) is 1.37. The topological polar surface area (TPSA) is 89.9 Å². The molecule has 0 aliphatic carbocycles. The average Bonchev–Trinajstić information content (AvgIpc) is 2.34. The molecule has 0 unspecified atom stereocenters. The van der Waals surface area contributed by atoms with Crippen LogP contribution in [-0.2, 0) is 4.79 Å². The highest BCUT2D eigenvalue weighted by molar-refractivity contribution is 5.90. The predicted molar refractivity (Wildman–Crippen MR) is 65.7 cm³/mol. The highest BCUT2D eigenvalue weighted by Crippen LogP contribution is 2.14. The molecule has 0 aliphatic rings. The molecule has 0 fully saturated rings. The Morgan fingerprint density at radius 1 is 1.28 bits per heavy atom. The summed E-state index contributed by atoms with van der Waals surface area (Å²) < 4.78 is 0. The summed E-state index contributed by atoms with van der Waals surface area (Å²) in [5.74, 6) is -0.467. The molecule has 98 valence electrons. The number of carboxylic acid groups (broad SMARTS) is 1. The van der Waals surface area contributed by atoms with Gasteiger partial charge < -0.3 is 10.4 Å². The van der Waals surface area contributed by atoms with Gasteiger partial charge in [0.15, 0.2) is 0 Å². The van der Waals surface area contributed by atoms with Gasteiger partial charge in [-0.15, -0.1) is 0 Å². The van der Waals surface area contributed by atoms with Gasteiger partial charge in [0.05, 0.1) is 5.69 Å². The number of hydrogen-bond acceptors (Lipinski definition) is 3. The van der Waals surface area contributed by atoms with Crippen molar-refractivity contribution in [2.24, 2.45) is 0 Å². The van der Waals surface area contributed by atoms with E-state index in [1.165, 1.54) is 0 Å². The summed E-state index contributed by atoms with van der Waals surface area (Å²) in [5.41, 5.74) is 1.43. The molecule has 0 heterocycles. The summed E-state index contributed by atoms with van der Waals surface area (Å²) in [6, 6.07) is 6.86. The zero-order chi connectivity index (χ0) is 13.5. The van der Waals surface area contributed by atoms with Crippen molar-refractivity contribution >= 4 is 17.7 Å². The average molecular weight is 252 g/mol. The van der Waals surface area contributed by atoms with E-state index in [0.29, 0.717) is 17.2 Å². The second kappa shape index (κ2) is 6.61. The number of benzene rings is 1. The van der Waals surface area contributed by atoms with Gasteiger partial charge in [0.1, 0.15) is 0 Å². The number of nitrogens with one attached hydrogen (secondary N) is 1. The number of amides is 2. The standard InChI is InChI=1S/C12H16N2O4/c1-9-4-6-10(7-5-9)14(18)11(15)3-2-8-13-12(16)17/h4-7,13,18H,2-3,8H2,1H3,(H,16,17). The lowest BCUT2D eigenvalue weighted by molar-refractivity contribution is -0.123. The van der Waals surface area contributed by atoms with Crippen LogP contribution in [0.15, 0.2) is 24.3 Å². The van der Waals surface area contributed by atoms with Crippen molar-refractivity contribution in [2.45, 2.75) is 19.8 Å². The molecule has 0 bridgehead atoms. The lowest BCUT2D eigenvalue weighted by Gasteiger charge is -2.15. The maximum atomic E-state index is 11.6. The number of carbonyl (C=O) groups excluding carboxylic acids is 1. The Balaban J connectivity index is 2.41. The molecule has 0 aliphatic heterocycles. The first-order valence-electron chi connectivity index (χ1n) is 5.56. The maximum Gasteiger partial charge on any atom is 0.404 e. The monoisotopic (exact) mass is 252 g/mol. The molecule has 1 rings (SSSR count). The lowest BCUT2D eigenvalue weighted by Crippen LogP contribution is -2.28. The van der Waals surface area contributed by atoms with Gasteiger partial charge in [-0.25, -0.2) is 4.79 Å². The molecular weight excluding hydrogens is 236 g/mol. The second-order valence-corrected chi connectivity index (χ2v) is 3.88. The number of nitrogens with zero attached hydrogens (tertiary/aromatic N) is 1. The van der Waals surface area contributed by atoms with Gasteiger partial charge in [-0.05, 0) is 25.5 Å².